The number of rotatable bonds is 8. The lowest BCUT2D eigenvalue weighted by Gasteiger charge is -2.25. The van der Waals surface area contributed by atoms with Gasteiger partial charge in [0.25, 0.3) is 11.7 Å². The molecular weight excluding hydrogens is 522 g/mol. The summed E-state index contributed by atoms with van der Waals surface area (Å²) in [6.07, 6.45) is 2.22. The highest BCUT2D eigenvalue weighted by Crippen LogP contribution is 2.43. The Bertz CT molecular complexity index is 1620. The number of ether oxygens (including phenoxy) is 3. The molecule has 1 fully saturated rings. The monoisotopic (exact) mass is 551 g/mol. The Labute approximate surface area is 237 Å². The molecule has 1 saturated heterocycles. The number of hydrogen-bond acceptors (Lipinski definition) is 7. The number of ketones is 1. The molecule has 41 heavy (non-hydrogen) atoms. The van der Waals surface area contributed by atoms with E-state index >= 15 is 0 Å². The fraction of sp³-hybridized carbons (Fsp3) is 0.212. The number of furan rings is 1. The molecule has 2 unspecified atom stereocenters. The first-order chi connectivity index (χ1) is 19.9. The number of fused-ring (bicyclic) bond motifs is 1. The Morgan fingerprint density at radius 2 is 1.83 bits per heavy atom. The number of likely N-dealkylation sites (tertiary alicyclic amines) is 1. The van der Waals surface area contributed by atoms with Crippen molar-refractivity contribution in [1.29, 1.82) is 0 Å². The minimum Gasteiger partial charge on any atom is -0.507 e. The van der Waals surface area contributed by atoms with E-state index in [2.05, 4.69) is 0 Å². The highest BCUT2D eigenvalue weighted by atomic mass is 16.5. The lowest BCUT2D eigenvalue weighted by Crippen LogP contribution is -2.29. The summed E-state index contributed by atoms with van der Waals surface area (Å²) < 4.78 is 23.0. The van der Waals surface area contributed by atoms with Gasteiger partial charge < -0.3 is 28.6 Å². The Kier molecular flexibility index (Phi) is 6.97. The van der Waals surface area contributed by atoms with E-state index in [0.29, 0.717) is 41.4 Å². The van der Waals surface area contributed by atoms with Crippen LogP contribution in [0.4, 0.5) is 0 Å². The molecule has 8 nitrogen and oxygen atoms in total. The molecule has 0 bridgehead atoms. The highest BCUT2D eigenvalue weighted by molar-refractivity contribution is 6.46. The van der Waals surface area contributed by atoms with Gasteiger partial charge in [-0.2, -0.15) is 0 Å². The summed E-state index contributed by atoms with van der Waals surface area (Å²) in [6.45, 7) is 2.36. The maximum absolute atomic E-state index is 13.5. The van der Waals surface area contributed by atoms with Crippen LogP contribution >= 0.6 is 0 Å². The molecule has 8 heteroatoms. The topological polar surface area (TPSA) is 98.4 Å². The van der Waals surface area contributed by atoms with E-state index in [0.717, 1.165) is 16.9 Å². The van der Waals surface area contributed by atoms with Crippen LogP contribution in [0.2, 0.25) is 0 Å². The molecule has 0 radical (unpaired) electrons. The summed E-state index contributed by atoms with van der Waals surface area (Å²) in [5, 5.41) is 11.5. The van der Waals surface area contributed by atoms with Gasteiger partial charge in [0.1, 0.15) is 30.0 Å². The van der Waals surface area contributed by atoms with E-state index in [1.165, 1.54) is 18.3 Å². The number of methoxy groups -OCH3 is 1. The van der Waals surface area contributed by atoms with E-state index in [9.17, 15) is 14.7 Å². The number of aliphatic hydroxyl groups excluding tert-OH is 1. The van der Waals surface area contributed by atoms with Crippen LogP contribution in [0, 0.1) is 0 Å². The lowest BCUT2D eigenvalue weighted by atomic mass is 9.94. The summed E-state index contributed by atoms with van der Waals surface area (Å²) in [5.74, 6) is 0.458. The fourth-order valence-corrected chi connectivity index (χ4v) is 5.39. The van der Waals surface area contributed by atoms with Gasteiger partial charge in [-0.1, -0.05) is 36.4 Å². The van der Waals surface area contributed by atoms with E-state index < -0.39 is 17.7 Å². The van der Waals surface area contributed by atoms with Gasteiger partial charge in [-0.05, 0) is 66.1 Å². The van der Waals surface area contributed by atoms with Crippen LogP contribution < -0.4 is 14.2 Å². The van der Waals surface area contributed by atoms with Crippen LogP contribution in [-0.2, 0) is 29.2 Å². The fourth-order valence-electron chi connectivity index (χ4n) is 5.39. The average molecular weight is 552 g/mol. The van der Waals surface area contributed by atoms with E-state index in [1.54, 1.807) is 42.5 Å². The largest absolute Gasteiger partial charge is 0.507 e. The van der Waals surface area contributed by atoms with E-state index in [1.807, 2.05) is 43.3 Å². The quantitative estimate of drug-likeness (QED) is 0.168. The van der Waals surface area contributed by atoms with Gasteiger partial charge in [-0.15, -0.1) is 0 Å². The molecule has 208 valence electrons. The van der Waals surface area contributed by atoms with E-state index in [4.69, 9.17) is 18.6 Å². The maximum atomic E-state index is 13.5. The first-order valence-corrected chi connectivity index (χ1v) is 13.4. The van der Waals surface area contributed by atoms with Crippen molar-refractivity contribution in [1.82, 2.24) is 4.90 Å². The molecule has 1 aromatic heterocycles. The molecule has 3 heterocycles. The average Bonchev–Trinajstić information content (AvgIpc) is 3.70. The van der Waals surface area contributed by atoms with Crippen molar-refractivity contribution in [3.63, 3.8) is 0 Å². The predicted molar refractivity (Wildman–Crippen MR) is 151 cm³/mol. The summed E-state index contributed by atoms with van der Waals surface area (Å²) in [7, 11) is 1.53. The van der Waals surface area contributed by atoms with Gasteiger partial charge in [0.15, 0.2) is 11.5 Å². The Morgan fingerprint density at radius 3 is 2.59 bits per heavy atom. The second-order valence-corrected chi connectivity index (χ2v) is 10.1. The van der Waals surface area contributed by atoms with Crippen molar-refractivity contribution in [2.45, 2.75) is 38.6 Å². The predicted octanol–water partition coefficient (Wildman–Crippen LogP) is 5.81. The molecule has 2 aliphatic heterocycles. The Morgan fingerprint density at radius 1 is 1.00 bits per heavy atom. The third kappa shape index (κ3) is 5.04. The SMILES string of the molecule is COc1cc(C2/C(=C(/O)c3ccc4c(c3)CC(C)O4)C(=O)C(=O)N2Cc2ccco2)ccc1OCc1ccccc1. The molecule has 2 atom stereocenters. The minimum absolute atomic E-state index is 0.00604. The van der Waals surface area contributed by atoms with Crippen LogP contribution in [0.5, 0.6) is 17.2 Å². The van der Waals surface area contributed by atoms with Crippen molar-refractivity contribution in [3.8, 4) is 17.2 Å². The van der Waals surface area contributed by atoms with Crippen LogP contribution in [0.1, 0.15) is 41.0 Å². The standard InChI is InChI=1S/C33H29NO7/c1-20-15-24-16-23(11-12-26(24)41-20)31(35)29-30(34(33(37)32(29)36)18-25-9-6-14-39-25)22-10-13-27(28(17-22)38-2)40-19-21-7-4-3-5-8-21/h3-14,16-17,20,30,35H,15,18-19H2,1-2H3/b31-29-. The summed E-state index contributed by atoms with van der Waals surface area (Å²) in [6, 6.07) is 22.9. The van der Waals surface area contributed by atoms with Gasteiger partial charge in [0.05, 0.1) is 31.5 Å². The normalized spacial score (nSPS) is 19.2. The number of Topliss-reactive ketones (excluding diaryl/α,β-unsaturated/α-hetero) is 1. The molecule has 0 aliphatic carbocycles. The molecule has 4 aromatic rings. The lowest BCUT2D eigenvalue weighted by molar-refractivity contribution is -0.140. The van der Waals surface area contributed by atoms with Crippen LogP contribution in [0.3, 0.4) is 0 Å². The van der Waals surface area contributed by atoms with Crippen molar-refractivity contribution in [2.24, 2.45) is 0 Å². The highest BCUT2D eigenvalue weighted by Gasteiger charge is 2.46. The molecular formula is C33H29NO7. The van der Waals surface area contributed by atoms with Gasteiger partial charge in [-0.3, -0.25) is 9.59 Å². The van der Waals surface area contributed by atoms with Gasteiger partial charge in [0.2, 0.25) is 0 Å². The molecule has 0 spiro atoms. The van der Waals surface area contributed by atoms with E-state index in [-0.39, 0.29) is 24.0 Å². The number of nitrogens with zero attached hydrogens (tertiary/aromatic N) is 1. The molecule has 6 rings (SSSR count). The first-order valence-electron chi connectivity index (χ1n) is 13.4. The van der Waals surface area contributed by atoms with Crippen molar-refractivity contribution >= 4 is 17.4 Å². The zero-order chi connectivity index (χ0) is 28.5. The number of aliphatic hydroxyl groups is 1. The number of benzene rings is 3. The van der Waals surface area contributed by atoms with Crippen molar-refractivity contribution in [2.75, 3.05) is 7.11 Å². The number of carbonyl (C=O) groups excluding carboxylic acids is 2. The second kappa shape index (κ2) is 10.9. The third-order valence-corrected chi connectivity index (χ3v) is 7.36. The first kappa shape index (κ1) is 26.3. The molecule has 2 aliphatic rings. The van der Waals surface area contributed by atoms with Crippen LogP contribution in [0.15, 0.2) is 95.1 Å². The molecule has 1 amide bonds. The maximum Gasteiger partial charge on any atom is 0.296 e. The van der Waals surface area contributed by atoms with Gasteiger partial charge in [0, 0.05) is 12.0 Å². The van der Waals surface area contributed by atoms with Gasteiger partial charge in [-0.25, -0.2) is 0 Å². The number of amides is 1. The molecule has 1 N–H and O–H groups in total. The third-order valence-electron chi connectivity index (χ3n) is 7.36. The number of carbonyl (C=O) groups is 2. The Balaban J connectivity index is 1.41. The van der Waals surface area contributed by atoms with Crippen molar-refractivity contribution < 1.29 is 33.3 Å². The van der Waals surface area contributed by atoms with Crippen molar-refractivity contribution in [3.05, 3.63) is 119 Å². The Hall–Kier alpha value is -4.98. The number of hydrogen-bond donors (Lipinski definition) is 1. The smallest absolute Gasteiger partial charge is 0.296 e. The van der Waals surface area contributed by atoms with Gasteiger partial charge >= 0.3 is 0 Å². The summed E-state index contributed by atoms with van der Waals surface area (Å²) >= 11 is 0. The zero-order valence-electron chi connectivity index (χ0n) is 22.7. The van der Waals surface area contributed by atoms with Crippen LogP contribution in [0.25, 0.3) is 5.76 Å². The second-order valence-electron chi connectivity index (χ2n) is 10.1. The summed E-state index contributed by atoms with van der Waals surface area (Å²) in [5.41, 5.74) is 2.95. The molecule has 3 aromatic carbocycles. The van der Waals surface area contributed by atoms with Crippen LogP contribution in [-0.4, -0.2) is 34.9 Å². The zero-order valence-corrected chi connectivity index (χ0v) is 22.7. The molecule has 0 saturated carbocycles. The summed E-state index contributed by atoms with van der Waals surface area (Å²) in [4.78, 5) is 28.3. The minimum atomic E-state index is -0.888.